The highest BCUT2D eigenvalue weighted by molar-refractivity contribution is 6.04. The molecule has 2 unspecified atom stereocenters. The monoisotopic (exact) mass is 398 g/mol. The van der Waals surface area contributed by atoms with E-state index in [9.17, 15) is 9.59 Å². The number of para-hydroxylation sites is 1. The molecular weight excluding hydrogens is 364 g/mol. The molecule has 3 fully saturated rings. The quantitative estimate of drug-likeness (QED) is 0.820. The van der Waals surface area contributed by atoms with Gasteiger partial charge in [0.05, 0.1) is 11.3 Å². The van der Waals surface area contributed by atoms with E-state index in [4.69, 9.17) is 5.73 Å². The number of hydrogen-bond acceptors (Lipinski definition) is 4. The fourth-order valence-electron chi connectivity index (χ4n) is 5.44. The normalized spacial score (nSPS) is 30.5. The van der Waals surface area contributed by atoms with Crippen LogP contribution in [0.3, 0.4) is 0 Å². The van der Waals surface area contributed by atoms with Gasteiger partial charge in [-0.05, 0) is 69.7 Å². The lowest BCUT2D eigenvalue weighted by Crippen LogP contribution is -2.48. The van der Waals surface area contributed by atoms with Crippen molar-refractivity contribution < 1.29 is 9.59 Å². The van der Waals surface area contributed by atoms with E-state index in [-0.39, 0.29) is 23.8 Å². The molecule has 6 nitrogen and oxygen atoms in total. The summed E-state index contributed by atoms with van der Waals surface area (Å²) in [7, 11) is 2.09. The Bertz CT molecular complexity index is 738. The van der Waals surface area contributed by atoms with Crippen LogP contribution in [-0.4, -0.2) is 60.9 Å². The molecular formula is C23H34N4O2. The van der Waals surface area contributed by atoms with E-state index < -0.39 is 0 Å². The number of rotatable bonds is 3. The van der Waals surface area contributed by atoms with Gasteiger partial charge in [-0.15, -0.1) is 0 Å². The van der Waals surface area contributed by atoms with Gasteiger partial charge in [0.1, 0.15) is 0 Å². The topological polar surface area (TPSA) is 78.7 Å². The first-order valence-electron chi connectivity index (χ1n) is 11.2. The first-order chi connectivity index (χ1) is 14.0. The average Bonchev–Trinajstić information content (AvgIpc) is 2.92. The Morgan fingerprint density at radius 2 is 1.72 bits per heavy atom. The first-order valence-corrected chi connectivity index (χ1v) is 11.2. The highest BCUT2D eigenvalue weighted by atomic mass is 16.2. The van der Waals surface area contributed by atoms with Crippen LogP contribution in [0.4, 0.5) is 5.69 Å². The van der Waals surface area contributed by atoms with Gasteiger partial charge in [-0.25, -0.2) is 0 Å². The third-order valence-corrected chi connectivity index (χ3v) is 7.21. The van der Waals surface area contributed by atoms with Gasteiger partial charge in [0.2, 0.25) is 5.91 Å². The highest BCUT2D eigenvalue weighted by Crippen LogP contribution is 2.42. The van der Waals surface area contributed by atoms with Crippen molar-refractivity contribution in [2.75, 3.05) is 38.5 Å². The molecule has 2 atom stereocenters. The standard InChI is InChI=1S/C23H34N4O2/c1-26-10-5-11-27(13-12-26)23(29)19-8-2-3-9-20(19)25-22(28)18-14-16-6-4-7-17(15-18)21(16)24/h2-3,8-9,16-18,21H,4-7,10-15,24H2,1H3,(H,25,28). The van der Waals surface area contributed by atoms with E-state index in [1.165, 1.54) is 6.42 Å². The molecule has 6 heteroatoms. The van der Waals surface area contributed by atoms with Crippen molar-refractivity contribution in [1.29, 1.82) is 0 Å². The van der Waals surface area contributed by atoms with Gasteiger partial charge in [0, 0.05) is 31.6 Å². The number of carbonyl (C=O) groups excluding carboxylic acids is 2. The summed E-state index contributed by atoms with van der Waals surface area (Å²) in [6, 6.07) is 7.69. The van der Waals surface area contributed by atoms with E-state index in [0.717, 1.165) is 58.3 Å². The lowest BCUT2D eigenvalue weighted by molar-refractivity contribution is -0.122. The summed E-state index contributed by atoms with van der Waals surface area (Å²) >= 11 is 0. The van der Waals surface area contributed by atoms with E-state index in [1.807, 2.05) is 29.2 Å². The van der Waals surface area contributed by atoms with Crippen LogP contribution in [-0.2, 0) is 4.79 Å². The van der Waals surface area contributed by atoms with Crippen LogP contribution in [0.25, 0.3) is 0 Å². The van der Waals surface area contributed by atoms with E-state index in [2.05, 4.69) is 17.3 Å². The maximum Gasteiger partial charge on any atom is 0.256 e. The van der Waals surface area contributed by atoms with Gasteiger partial charge in [-0.1, -0.05) is 18.6 Å². The van der Waals surface area contributed by atoms with Gasteiger partial charge in [0.15, 0.2) is 0 Å². The second-order valence-electron chi connectivity index (χ2n) is 9.18. The van der Waals surface area contributed by atoms with Crippen molar-refractivity contribution in [1.82, 2.24) is 9.80 Å². The predicted octanol–water partition coefficient (Wildman–Crippen LogP) is 2.56. The third-order valence-electron chi connectivity index (χ3n) is 7.21. The lowest BCUT2D eigenvalue weighted by atomic mass is 9.65. The third kappa shape index (κ3) is 4.48. The fraction of sp³-hybridized carbons (Fsp3) is 0.652. The second-order valence-corrected chi connectivity index (χ2v) is 9.18. The minimum atomic E-state index is 0.0000874. The molecule has 2 bridgehead atoms. The van der Waals surface area contributed by atoms with Gasteiger partial charge in [-0.2, -0.15) is 0 Å². The largest absolute Gasteiger partial charge is 0.337 e. The average molecular weight is 399 g/mol. The van der Waals surface area contributed by atoms with Crippen molar-refractivity contribution >= 4 is 17.5 Å². The molecule has 0 spiro atoms. The number of carbonyl (C=O) groups is 2. The molecule has 3 N–H and O–H groups in total. The Hall–Kier alpha value is -1.92. The number of hydrogen-bond donors (Lipinski definition) is 2. The van der Waals surface area contributed by atoms with Crippen molar-refractivity contribution in [2.24, 2.45) is 23.5 Å². The number of anilines is 1. The predicted molar refractivity (Wildman–Crippen MR) is 115 cm³/mol. The Balaban J connectivity index is 1.45. The van der Waals surface area contributed by atoms with E-state index in [1.54, 1.807) is 0 Å². The van der Waals surface area contributed by atoms with Crippen molar-refractivity contribution in [2.45, 2.75) is 44.6 Å². The molecule has 1 aliphatic heterocycles. The number of nitrogens with one attached hydrogen (secondary N) is 1. The molecule has 2 amide bonds. The fourth-order valence-corrected chi connectivity index (χ4v) is 5.44. The SMILES string of the molecule is CN1CCCN(C(=O)c2ccccc2NC(=O)C2CC3CCCC(C2)C3N)CC1. The summed E-state index contributed by atoms with van der Waals surface area (Å²) in [6.07, 6.45) is 6.23. The molecule has 1 heterocycles. The zero-order valence-electron chi connectivity index (χ0n) is 17.5. The molecule has 1 saturated heterocycles. The van der Waals surface area contributed by atoms with E-state index in [0.29, 0.717) is 23.1 Å². The summed E-state index contributed by atoms with van der Waals surface area (Å²) < 4.78 is 0. The molecule has 29 heavy (non-hydrogen) atoms. The van der Waals surface area contributed by atoms with Crippen molar-refractivity contribution in [3.8, 4) is 0 Å². The van der Waals surface area contributed by atoms with Gasteiger partial charge in [0.25, 0.3) is 5.91 Å². The number of benzene rings is 1. The zero-order chi connectivity index (χ0) is 20.4. The summed E-state index contributed by atoms with van der Waals surface area (Å²) in [5, 5.41) is 3.09. The van der Waals surface area contributed by atoms with Crippen LogP contribution in [0.2, 0.25) is 0 Å². The first kappa shape index (κ1) is 20.4. The number of likely N-dealkylation sites (N-methyl/N-ethyl adjacent to an activating group) is 1. The minimum Gasteiger partial charge on any atom is -0.337 e. The molecule has 2 aliphatic carbocycles. The highest BCUT2D eigenvalue weighted by Gasteiger charge is 2.40. The van der Waals surface area contributed by atoms with Crippen molar-refractivity contribution in [3.63, 3.8) is 0 Å². The van der Waals surface area contributed by atoms with Crippen LogP contribution in [0.5, 0.6) is 0 Å². The molecule has 1 aromatic carbocycles. The van der Waals surface area contributed by atoms with Crippen LogP contribution < -0.4 is 11.1 Å². The molecule has 4 rings (SSSR count). The molecule has 2 saturated carbocycles. The smallest absolute Gasteiger partial charge is 0.256 e. The van der Waals surface area contributed by atoms with Crippen LogP contribution in [0.1, 0.15) is 48.9 Å². The molecule has 0 radical (unpaired) electrons. The molecule has 1 aromatic rings. The van der Waals surface area contributed by atoms with Gasteiger partial charge >= 0.3 is 0 Å². The van der Waals surface area contributed by atoms with Crippen LogP contribution in [0.15, 0.2) is 24.3 Å². The maximum absolute atomic E-state index is 13.2. The lowest BCUT2D eigenvalue weighted by Gasteiger charge is -2.43. The number of fused-ring (bicyclic) bond motifs is 2. The molecule has 3 aliphatic rings. The van der Waals surface area contributed by atoms with Gasteiger partial charge < -0.3 is 20.9 Å². The van der Waals surface area contributed by atoms with Crippen LogP contribution >= 0.6 is 0 Å². The summed E-state index contributed by atoms with van der Waals surface area (Å²) in [4.78, 5) is 30.4. The summed E-state index contributed by atoms with van der Waals surface area (Å²) in [6.45, 7) is 3.37. The Kier molecular flexibility index (Phi) is 6.20. The maximum atomic E-state index is 13.2. The number of amides is 2. The second kappa shape index (κ2) is 8.84. The summed E-state index contributed by atoms with van der Waals surface area (Å²) in [5.41, 5.74) is 7.62. The minimum absolute atomic E-state index is 0.0000874. The number of nitrogens with two attached hydrogens (primary N) is 1. The van der Waals surface area contributed by atoms with Gasteiger partial charge in [-0.3, -0.25) is 9.59 Å². The molecule has 158 valence electrons. The Morgan fingerprint density at radius 1 is 1.00 bits per heavy atom. The number of nitrogens with zero attached hydrogens (tertiary/aromatic N) is 2. The van der Waals surface area contributed by atoms with Crippen LogP contribution in [0, 0.1) is 17.8 Å². The summed E-state index contributed by atoms with van der Waals surface area (Å²) in [5.74, 6) is 0.983. The van der Waals surface area contributed by atoms with E-state index >= 15 is 0 Å². The molecule has 0 aromatic heterocycles. The van der Waals surface area contributed by atoms with Crippen molar-refractivity contribution in [3.05, 3.63) is 29.8 Å². The Labute approximate surface area is 173 Å². The zero-order valence-corrected chi connectivity index (χ0v) is 17.5. The Morgan fingerprint density at radius 3 is 2.48 bits per heavy atom.